The molecule has 0 radical (unpaired) electrons. The van der Waals surface area contributed by atoms with E-state index in [1.807, 2.05) is 31.2 Å². The first-order valence-electron chi connectivity index (χ1n) is 7.39. The number of aromatic nitrogens is 1. The van der Waals surface area contributed by atoms with Gasteiger partial charge in [0.2, 0.25) is 0 Å². The van der Waals surface area contributed by atoms with Crippen molar-refractivity contribution in [3.63, 3.8) is 0 Å². The molecule has 1 aliphatic rings. The Morgan fingerprint density at radius 3 is 3.05 bits per heavy atom. The summed E-state index contributed by atoms with van der Waals surface area (Å²) in [6, 6.07) is 9.41. The summed E-state index contributed by atoms with van der Waals surface area (Å²) >= 11 is 0. The topological polar surface area (TPSA) is 48.4 Å². The largest absolute Gasteiger partial charge is 0.459 e. The zero-order valence-corrected chi connectivity index (χ0v) is 12.2. The quantitative estimate of drug-likeness (QED) is 0.812. The molecule has 4 heteroatoms. The van der Waals surface area contributed by atoms with Crippen LogP contribution in [0.25, 0.3) is 10.9 Å². The molecule has 0 amide bonds. The molecule has 0 spiro atoms. The van der Waals surface area contributed by atoms with Crippen LogP contribution >= 0.6 is 0 Å². The van der Waals surface area contributed by atoms with Gasteiger partial charge < -0.3 is 9.47 Å². The second-order valence-electron chi connectivity index (χ2n) is 5.42. The van der Waals surface area contributed by atoms with E-state index in [2.05, 4.69) is 4.98 Å². The number of hydrogen-bond acceptors (Lipinski definition) is 4. The number of fused-ring (bicyclic) bond motifs is 1. The average Bonchev–Trinajstić information content (AvgIpc) is 2.52. The number of hydrogen-bond donors (Lipinski definition) is 0. The van der Waals surface area contributed by atoms with Crippen LogP contribution in [0, 0.1) is 6.92 Å². The second-order valence-corrected chi connectivity index (χ2v) is 5.42. The van der Waals surface area contributed by atoms with Crippen molar-refractivity contribution in [1.82, 2.24) is 4.98 Å². The molecule has 2 aromatic rings. The Kier molecular flexibility index (Phi) is 4.15. The smallest absolute Gasteiger partial charge is 0.338 e. The molecule has 1 saturated heterocycles. The number of carbonyl (C=O) groups is 1. The van der Waals surface area contributed by atoms with Gasteiger partial charge >= 0.3 is 5.97 Å². The molecular weight excluding hydrogens is 266 g/mol. The maximum absolute atomic E-state index is 12.3. The van der Waals surface area contributed by atoms with Crippen LogP contribution in [0.5, 0.6) is 0 Å². The van der Waals surface area contributed by atoms with Crippen LogP contribution < -0.4 is 0 Å². The lowest BCUT2D eigenvalue weighted by Gasteiger charge is -2.22. The van der Waals surface area contributed by atoms with Crippen molar-refractivity contribution in [2.24, 2.45) is 0 Å². The zero-order chi connectivity index (χ0) is 14.7. The minimum absolute atomic E-state index is 0.0388. The van der Waals surface area contributed by atoms with Gasteiger partial charge in [-0.15, -0.1) is 0 Å². The molecule has 3 rings (SSSR count). The minimum Gasteiger partial charge on any atom is -0.459 e. The van der Waals surface area contributed by atoms with E-state index in [-0.39, 0.29) is 12.1 Å². The van der Waals surface area contributed by atoms with E-state index in [1.165, 1.54) is 0 Å². The summed E-state index contributed by atoms with van der Waals surface area (Å²) in [7, 11) is 0. The monoisotopic (exact) mass is 285 g/mol. The third-order valence-corrected chi connectivity index (χ3v) is 3.74. The van der Waals surface area contributed by atoms with E-state index in [9.17, 15) is 4.79 Å². The first-order valence-corrected chi connectivity index (χ1v) is 7.39. The molecule has 0 N–H and O–H groups in total. The molecule has 4 nitrogen and oxygen atoms in total. The van der Waals surface area contributed by atoms with Crippen LogP contribution in [0.1, 0.15) is 35.3 Å². The number of rotatable bonds is 3. The van der Waals surface area contributed by atoms with Crippen LogP contribution in [0.3, 0.4) is 0 Å². The normalized spacial score (nSPS) is 18.6. The maximum atomic E-state index is 12.3. The summed E-state index contributed by atoms with van der Waals surface area (Å²) < 4.78 is 11.0. The Labute approximate surface area is 124 Å². The third-order valence-electron chi connectivity index (χ3n) is 3.74. The van der Waals surface area contributed by atoms with Crippen LogP contribution in [0.2, 0.25) is 0 Å². The van der Waals surface area contributed by atoms with Crippen molar-refractivity contribution in [1.29, 1.82) is 0 Å². The molecule has 110 valence electrons. The first kappa shape index (κ1) is 14.0. The van der Waals surface area contributed by atoms with Gasteiger partial charge in [0.25, 0.3) is 0 Å². The highest BCUT2D eigenvalue weighted by atomic mass is 16.6. The lowest BCUT2D eigenvalue weighted by Crippen LogP contribution is -2.26. The van der Waals surface area contributed by atoms with Crippen molar-refractivity contribution in [2.75, 3.05) is 13.2 Å². The Hall–Kier alpha value is -1.94. The fraction of sp³-hybridized carbons (Fsp3) is 0.412. The van der Waals surface area contributed by atoms with Crippen LogP contribution in [-0.4, -0.2) is 30.3 Å². The van der Waals surface area contributed by atoms with E-state index in [1.54, 1.807) is 6.07 Å². The molecule has 1 aromatic heterocycles. The van der Waals surface area contributed by atoms with Gasteiger partial charge in [0, 0.05) is 17.7 Å². The summed E-state index contributed by atoms with van der Waals surface area (Å²) in [4.78, 5) is 16.8. The van der Waals surface area contributed by atoms with Gasteiger partial charge in [0.1, 0.15) is 6.61 Å². The van der Waals surface area contributed by atoms with Crippen molar-refractivity contribution in [3.05, 3.63) is 41.6 Å². The molecule has 0 aliphatic carbocycles. The van der Waals surface area contributed by atoms with Gasteiger partial charge in [-0.3, -0.25) is 4.98 Å². The lowest BCUT2D eigenvalue weighted by atomic mass is 10.1. The minimum atomic E-state index is -0.300. The van der Waals surface area contributed by atoms with Crippen LogP contribution in [0.4, 0.5) is 0 Å². The number of para-hydroxylation sites is 1. The fourth-order valence-electron chi connectivity index (χ4n) is 2.66. The Morgan fingerprint density at radius 2 is 2.24 bits per heavy atom. The van der Waals surface area contributed by atoms with Crippen molar-refractivity contribution >= 4 is 16.9 Å². The van der Waals surface area contributed by atoms with Gasteiger partial charge in [-0.05, 0) is 38.3 Å². The molecule has 2 heterocycles. The summed E-state index contributed by atoms with van der Waals surface area (Å²) in [5.74, 6) is -0.300. The summed E-state index contributed by atoms with van der Waals surface area (Å²) in [5, 5.41) is 0.831. The highest BCUT2D eigenvalue weighted by molar-refractivity contribution is 6.03. The third kappa shape index (κ3) is 3.22. The van der Waals surface area contributed by atoms with Crippen molar-refractivity contribution in [3.8, 4) is 0 Å². The van der Waals surface area contributed by atoms with E-state index in [0.717, 1.165) is 42.5 Å². The molecular formula is C17H19NO3. The number of carbonyl (C=O) groups excluding carboxylic acids is 1. The molecule has 21 heavy (non-hydrogen) atoms. The summed E-state index contributed by atoms with van der Waals surface area (Å²) in [5.41, 5.74) is 2.21. The predicted octanol–water partition coefficient (Wildman–Crippen LogP) is 3.27. The number of aryl methyl sites for hydroxylation is 1. The molecule has 1 aromatic carbocycles. The fourth-order valence-corrected chi connectivity index (χ4v) is 2.66. The number of nitrogens with zero attached hydrogens (tertiary/aromatic N) is 1. The second kappa shape index (κ2) is 6.22. The van der Waals surface area contributed by atoms with Crippen LogP contribution in [-0.2, 0) is 9.47 Å². The van der Waals surface area contributed by atoms with Gasteiger partial charge in [0.05, 0.1) is 17.2 Å². The van der Waals surface area contributed by atoms with E-state index in [0.29, 0.717) is 12.2 Å². The number of esters is 1. The Morgan fingerprint density at radius 1 is 1.38 bits per heavy atom. The van der Waals surface area contributed by atoms with Gasteiger partial charge in [0.15, 0.2) is 0 Å². The van der Waals surface area contributed by atoms with Crippen LogP contribution in [0.15, 0.2) is 30.3 Å². The van der Waals surface area contributed by atoms with Crippen molar-refractivity contribution < 1.29 is 14.3 Å². The molecule has 1 atom stereocenters. The Bertz CT molecular complexity index is 648. The highest BCUT2D eigenvalue weighted by Gasteiger charge is 2.18. The molecule has 1 unspecified atom stereocenters. The zero-order valence-electron chi connectivity index (χ0n) is 12.2. The Balaban J connectivity index is 1.77. The molecule has 0 saturated carbocycles. The van der Waals surface area contributed by atoms with E-state index in [4.69, 9.17) is 9.47 Å². The first-order chi connectivity index (χ1) is 10.2. The molecule has 1 fully saturated rings. The van der Waals surface area contributed by atoms with Gasteiger partial charge in [-0.1, -0.05) is 18.2 Å². The van der Waals surface area contributed by atoms with Crippen molar-refractivity contribution in [2.45, 2.75) is 32.3 Å². The van der Waals surface area contributed by atoms with E-state index >= 15 is 0 Å². The predicted molar refractivity (Wildman–Crippen MR) is 80.4 cm³/mol. The number of benzene rings is 1. The number of pyridine rings is 1. The molecule has 0 bridgehead atoms. The standard InChI is InChI=1S/C17H19NO3/c1-12-10-15(14-7-2-3-8-16(14)18-12)17(19)21-11-13-6-4-5-9-20-13/h2-3,7-8,10,13H,4-6,9,11H2,1H3. The number of ether oxygens (including phenoxy) is 2. The summed E-state index contributed by atoms with van der Waals surface area (Å²) in [6.07, 6.45) is 3.23. The summed E-state index contributed by atoms with van der Waals surface area (Å²) in [6.45, 7) is 2.97. The lowest BCUT2D eigenvalue weighted by molar-refractivity contribution is -0.0299. The highest BCUT2D eigenvalue weighted by Crippen LogP contribution is 2.20. The average molecular weight is 285 g/mol. The molecule has 1 aliphatic heterocycles. The maximum Gasteiger partial charge on any atom is 0.338 e. The SMILES string of the molecule is Cc1cc(C(=O)OCC2CCCCO2)c2ccccc2n1. The van der Waals surface area contributed by atoms with Gasteiger partial charge in [-0.2, -0.15) is 0 Å². The van der Waals surface area contributed by atoms with E-state index < -0.39 is 0 Å². The van der Waals surface area contributed by atoms with Gasteiger partial charge in [-0.25, -0.2) is 4.79 Å².